The zero-order chi connectivity index (χ0) is 12.5. The highest BCUT2D eigenvalue weighted by Gasteiger charge is 2.13. The van der Waals surface area contributed by atoms with Crippen molar-refractivity contribution in [3.05, 3.63) is 54.6 Å². The Morgan fingerprint density at radius 1 is 1.00 bits per heavy atom. The molecule has 2 aromatic carbocycles. The second kappa shape index (κ2) is 4.37. The molecule has 0 bridgehead atoms. The quantitative estimate of drug-likeness (QED) is 0.650. The van der Waals surface area contributed by atoms with Gasteiger partial charge in [-0.1, -0.05) is 63.7 Å². The van der Waals surface area contributed by atoms with E-state index in [1.54, 1.807) is 0 Å². The average Bonchev–Trinajstić information content (AvgIpc) is 2.26. The predicted molar refractivity (Wildman–Crippen MR) is 77.1 cm³/mol. The van der Waals surface area contributed by atoms with Gasteiger partial charge in [-0.05, 0) is 39.8 Å². The number of allylic oxidation sites excluding steroid dienone is 1. The van der Waals surface area contributed by atoms with E-state index >= 15 is 0 Å². The number of benzene rings is 2. The minimum atomic E-state index is 0.294. The van der Waals surface area contributed by atoms with E-state index in [0.717, 1.165) is 6.42 Å². The first kappa shape index (κ1) is 11.9. The van der Waals surface area contributed by atoms with E-state index in [9.17, 15) is 0 Å². The zero-order valence-corrected chi connectivity index (χ0v) is 11.0. The monoisotopic (exact) mass is 224 g/mol. The lowest BCUT2D eigenvalue weighted by atomic mass is 9.85. The molecule has 0 N–H and O–H groups in total. The summed E-state index contributed by atoms with van der Waals surface area (Å²) in [6, 6.07) is 15.1. The molecule has 0 radical (unpaired) electrons. The third-order valence-electron chi connectivity index (χ3n) is 2.90. The summed E-state index contributed by atoms with van der Waals surface area (Å²) < 4.78 is 0. The Kier molecular flexibility index (Phi) is 3.06. The van der Waals surface area contributed by atoms with Crippen LogP contribution in [-0.4, -0.2) is 0 Å². The normalized spacial score (nSPS) is 11.7. The van der Waals surface area contributed by atoms with Gasteiger partial charge in [0, 0.05) is 0 Å². The van der Waals surface area contributed by atoms with Gasteiger partial charge in [0.05, 0.1) is 0 Å². The molecule has 0 saturated heterocycles. The second-order valence-corrected chi connectivity index (χ2v) is 5.90. The summed E-state index contributed by atoms with van der Waals surface area (Å²) in [6.07, 6.45) is 1.03. The smallest absolute Gasteiger partial charge is 0.0178 e. The Balaban J connectivity index is 2.33. The lowest BCUT2D eigenvalue weighted by Gasteiger charge is -2.20. The predicted octanol–water partition coefficient (Wildman–Crippen LogP) is 5.29. The summed E-state index contributed by atoms with van der Waals surface area (Å²) in [5.41, 5.74) is 2.78. The Bertz CT molecular complexity index is 541. The molecule has 0 aliphatic carbocycles. The highest BCUT2D eigenvalue weighted by molar-refractivity contribution is 5.86. The molecule has 0 spiro atoms. The van der Waals surface area contributed by atoms with E-state index in [1.165, 1.54) is 21.9 Å². The highest BCUT2D eigenvalue weighted by Crippen LogP contribution is 2.30. The molecule has 88 valence electrons. The van der Waals surface area contributed by atoms with Crippen molar-refractivity contribution < 1.29 is 0 Å². The van der Waals surface area contributed by atoms with Gasteiger partial charge in [0.1, 0.15) is 0 Å². The molecule has 0 aromatic heterocycles. The van der Waals surface area contributed by atoms with Crippen molar-refractivity contribution in [1.29, 1.82) is 0 Å². The number of hydrogen-bond donors (Lipinski definition) is 0. The zero-order valence-electron chi connectivity index (χ0n) is 11.0. The van der Waals surface area contributed by atoms with Crippen molar-refractivity contribution >= 4 is 16.3 Å². The maximum atomic E-state index is 4.22. The standard InChI is InChI=1S/C17H20/c1-13(12-17(2,3)4)15-10-9-14-7-5-6-8-16(14)11-15/h5-11H,1,12H2,2-4H3. The van der Waals surface area contributed by atoms with Crippen molar-refractivity contribution in [1.82, 2.24) is 0 Å². The van der Waals surface area contributed by atoms with E-state index in [4.69, 9.17) is 0 Å². The Morgan fingerprint density at radius 2 is 1.65 bits per heavy atom. The fraction of sp³-hybridized carbons (Fsp3) is 0.294. The van der Waals surface area contributed by atoms with E-state index in [2.05, 4.69) is 69.8 Å². The summed E-state index contributed by atoms with van der Waals surface area (Å²) in [7, 11) is 0. The van der Waals surface area contributed by atoms with Crippen LogP contribution in [0, 0.1) is 5.41 Å². The molecular formula is C17H20. The summed E-state index contributed by atoms with van der Waals surface area (Å²) in [5.74, 6) is 0. The van der Waals surface area contributed by atoms with Crippen molar-refractivity contribution in [3.63, 3.8) is 0 Å². The second-order valence-electron chi connectivity index (χ2n) is 5.90. The molecule has 0 amide bonds. The van der Waals surface area contributed by atoms with Crippen LogP contribution in [-0.2, 0) is 0 Å². The number of rotatable bonds is 2. The molecule has 0 heterocycles. The van der Waals surface area contributed by atoms with Gasteiger partial charge in [-0.15, -0.1) is 0 Å². The molecule has 0 saturated carbocycles. The lowest BCUT2D eigenvalue weighted by Crippen LogP contribution is -2.05. The molecule has 0 heteroatoms. The van der Waals surface area contributed by atoms with Gasteiger partial charge in [0.25, 0.3) is 0 Å². The number of hydrogen-bond acceptors (Lipinski definition) is 0. The van der Waals surface area contributed by atoms with Crippen molar-refractivity contribution in [2.45, 2.75) is 27.2 Å². The molecule has 0 aliphatic heterocycles. The maximum absolute atomic E-state index is 4.22. The van der Waals surface area contributed by atoms with Crippen LogP contribution >= 0.6 is 0 Å². The first-order chi connectivity index (χ1) is 7.96. The molecule has 0 nitrogen and oxygen atoms in total. The summed E-state index contributed by atoms with van der Waals surface area (Å²) >= 11 is 0. The molecular weight excluding hydrogens is 204 g/mol. The van der Waals surface area contributed by atoms with Crippen LogP contribution in [0.2, 0.25) is 0 Å². The topological polar surface area (TPSA) is 0 Å². The lowest BCUT2D eigenvalue weighted by molar-refractivity contribution is 0.427. The van der Waals surface area contributed by atoms with Crippen LogP contribution in [0.4, 0.5) is 0 Å². The van der Waals surface area contributed by atoms with Crippen LogP contribution in [0.15, 0.2) is 49.0 Å². The highest BCUT2D eigenvalue weighted by atomic mass is 14.2. The van der Waals surface area contributed by atoms with E-state index in [1.807, 2.05) is 0 Å². The summed E-state index contributed by atoms with van der Waals surface area (Å²) in [6.45, 7) is 11.0. The van der Waals surface area contributed by atoms with Crippen molar-refractivity contribution in [3.8, 4) is 0 Å². The fourth-order valence-electron chi connectivity index (χ4n) is 2.15. The summed E-state index contributed by atoms with van der Waals surface area (Å²) in [4.78, 5) is 0. The minimum absolute atomic E-state index is 0.294. The molecule has 0 aliphatic rings. The molecule has 2 rings (SSSR count). The van der Waals surface area contributed by atoms with Crippen LogP contribution in [0.5, 0.6) is 0 Å². The van der Waals surface area contributed by atoms with Gasteiger partial charge in [-0.3, -0.25) is 0 Å². The van der Waals surface area contributed by atoms with E-state index < -0.39 is 0 Å². The van der Waals surface area contributed by atoms with Gasteiger partial charge in [0.2, 0.25) is 0 Å². The molecule has 17 heavy (non-hydrogen) atoms. The van der Waals surface area contributed by atoms with Crippen molar-refractivity contribution in [2.75, 3.05) is 0 Å². The molecule has 0 fully saturated rings. The molecule has 0 unspecified atom stereocenters. The first-order valence-corrected chi connectivity index (χ1v) is 6.13. The van der Waals surface area contributed by atoms with Crippen LogP contribution < -0.4 is 0 Å². The SMILES string of the molecule is C=C(CC(C)(C)C)c1ccc2ccccc2c1. The van der Waals surface area contributed by atoms with Gasteiger partial charge in [0.15, 0.2) is 0 Å². The van der Waals surface area contributed by atoms with Crippen LogP contribution in [0.1, 0.15) is 32.8 Å². The maximum Gasteiger partial charge on any atom is -0.0178 e. The molecule has 2 aromatic rings. The fourth-order valence-corrected chi connectivity index (χ4v) is 2.15. The number of fused-ring (bicyclic) bond motifs is 1. The van der Waals surface area contributed by atoms with Crippen LogP contribution in [0.25, 0.3) is 16.3 Å². The Hall–Kier alpha value is -1.56. The Morgan fingerprint density at radius 3 is 2.29 bits per heavy atom. The van der Waals surface area contributed by atoms with Gasteiger partial charge in [-0.2, -0.15) is 0 Å². The van der Waals surface area contributed by atoms with Gasteiger partial charge >= 0.3 is 0 Å². The third-order valence-corrected chi connectivity index (χ3v) is 2.90. The van der Waals surface area contributed by atoms with Gasteiger partial charge in [-0.25, -0.2) is 0 Å². The van der Waals surface area contributed by atoms with Crippen molar-refractivity contribution in [2.24, 2.45) is 5.41 Å². The molecule has 0 atom stereocenters. The Labute approximate surface area is 104 Å². The summed E-state index contributed by atoms with van der Waals surface area (Å²) in [5, 5.41) is 2.58. The average molecular weight is 224 g/mol. The van der Waals surface area contributed by atoms with E-state index in [0.29, 0.717) is 5.41 Å². The third kappa shape index (κ3) is 2.97. The van der Waals surface area contributed by atoms with Crippen LogP contribution in [0.3, 0.4) is 0 Å². The van der Waals surface area contributed by atoms with Gasteiger partial charge < -0.3 is 0 Å². The first-order valence-electron chi connectivity index (χ1n) is 6.13. The largest absolute Gasteiger partial charge is 0.0952 e. The minimum Gasteiger partial charge on any atom is -0.0952 e. The van der Waals surface area contributed by atoms with E-state index in [-0.39, 0.29) is 0 Å².